The number of nitrogens with one attached hydrogen (secondary N) is 3. The third kappa shape index (κ3) is 4.67. The van der Waals surface area contributed by atoms with Crippen LogP contribution >= 0.6 is 0 Å². The third-order valence-corrected chi connectivity index (χ3v) is 4.50. The van der Waals surface area contributed by atoms with Gasteiger partial charge in [0.15, 0.2) is 0 Å². The summed E-state index contributed by atoms with van der Waals surface area (Å²) in [5.41, 5.74) is 7.76. The number of hydrazine groups is 1. The highest BCUT2D eigenvalue weighted by atomic mass is 16.2. The number of hydrogen-bond donors (Lipinski definition) is 3. The first-order valence-corrected chi connectivity index (χ1v) is 8.66. The van der Waals surface area contributed by atoms with Gasteiger partial charge in [-0.3, -0.25) is 15.0 Å². The molecule has 1 atom stereocenters. The Hall–Kier alpha value is -2.66. The quantitative estimate of drug-likeness (QED) is 0.756. The number of benzene rings is 2. The highest BCUT2D eigenvalue weighted by Crippen LogP contribution is 2.27. The molecule has 1 unspecified atom stereocenters. The van der Waals surface area contributed by atoms with Crippen LogP contribution in [0.5, 0.6) is 0 Å². The second-order valence-corrected chi connectivity index (χ2v) is 6.24. The highest BCUT2D eigenvalue weighted by Gasteiger charge is 2.24. The van der Waals surface area contributed by atoms with Gasteiger partial charge >= 0.3 is 0 Å². The topological polar surface area (TPSA) is 70.2 Å². The molecular weight excluding hydrogens is 314 g/mol. The van der Waals surface area contributed by atoms with E-state index in [2.05, 4.69) is 40.4 Å². The minimum Gasteiger partial charge on any atom is -0.355 e. The molecule has 2 aromatic carbocycles. The predicted octanol–water partition coefficient (Wildman–Crippen LogP) is 2.11. The Balaban J connectivity index is 1.60. The van der Waals surface area contributed by atoms with Crippen molar-refractivity contribution >= 4 is 11.8 Å². The zero-order chi connectivity index (χ0) is 17.5. The van der Waals surface area contributed by atoms with Crippen molar-refractivity contribution in [2.75, 3.05) is 6.54 Å². The minimum absolute atomic E-state index is 0.0696. The maximum Gasteiger partial charge on any atom is 0.238 e. The molecule has 1 heterocycles. The third-order valence-electron chi connectivity index (χ3n) is 4.50. The zero-order valence-electron chi connectivity index (χ0n) is 14.1. The van der Waals surface area contributed by atoms with E-state index in [0.717, 1.165) is 6.42 Å². The largest absolute Gasteiger partial charge is 0.355 e. The molecule has 1 aliphatic heterocycles. The van der Waals surface area contributed by atoms with E-state index in [1.807, 2.05) is 36.4 Å². The van der Waals surface area contributed by atoms with Crippen LogP contribution < -0.4 is 16.2 Å². The fourth-order valence-corrected chi connectivity index (χ4v) is 3.13. The average molecular weight is 337 g/mol. The summed E-state index contributed by atoms with van der Waals surface area (Å²) in [5, 5.41) is 2.98. The summed E-state index contributed by atoms with van der Waals surface area (Å²) in [6.45, 7) is 0.583. The summed E-state index contributed by atoms with van der Waals surface area (Å²) in [5.74, 6) is 0.0962. The lowest BCUT2D eigenvalue weighted by atomic mass is 9.88. The predicted molar refractivity (Wildman–Crippen MR) is 96.7 cm³/mol. The molecule has 3 rings (SSSR count). The Morgan fingerprint density at radius 2 is 1.64 bits per heavy atom. The standard InChI is InChI=1S/C20H23N3O2/c24-19-12-11-18(22-23-19)20(25)21-14-13-17(15-7-3-1-4-8-15)16-9-5-2-6-10-16/h1-10,17-18,22H,11-14H2,(H,21,25)(H,23,24). The lowest BCUT2D eigenvalue weighted by Crippen LogP contribution is -2.55. The van der Waals surface area contributed by atoms with E-state index < -0.39 is 0 Å². The van der Waals surface area contributed by atoms with E-state index in [-0.39, 0.29) is 23.8 Å². The first kappa shape index (κ1) is 17.2. The van der Waals surface area contributed by atoms with Crippen LogP contribution in [0.2, 0.25) is 0 Å². The van der Waals surface area contributed by atoms with Crippen molar-refractivity contribution in [3.63, 3.8) is 0 Å². The molecule has 1 saturated heterocycles. The van der Waals surface area contributed by atoms with Crippen molar-refractivity contribution in [2.24, 2.45) is 0 Å². The van der Waals surface area contributed by atoms with Gasteiger partial charge in [-0.25, -0.2) is 5.43 Å². The molecule has 0 aromatic heterocycles. The lowest BCUT2D eigenvalue weighted by molar-refractivity contribution is -0.128. The summed E-state index contributed by atoms with van der Waals surface area (Å²) in [6, 6.07) is 20.3. The van der Waals surface area contributed by atoms with E-state index in [1.165, 1.54) is 11.1 Å². The van der Waals surface area contributed by atoms with Crippen molar-refractivity contribution in [3.05, 3.63) is 71.8 Å². The molecule has 0 spiro atoms. The van der Waals surface area contributed by atoms with Gasteiger partial charge in [-0.15, -0.1) is 0 Å². The van der Waals surface area contributed by atoms with E-state index in [1.54, 1.807) is 0 Å². The molecule has 1 fully saturated rings. The van der Waals surface area contributed by atoms with Gasteiger partial charge in [0.25, 0.3) is 0 Å². The molecule has 0 aliphatic carbocycles. The van der Waals surface area contributed by atoms with Crippen molar-refractivity contribution in [1.29, 1.82) is 0 Å². The van der Waals surface area contributed by atoms with Gasteiger partial charge in [-0.2, -0.15) is 0 Å². The number of carbonyl (C=O) groups is 2. The monoisotopic (exact) mass is 337 g/mol. The number of rotatable bonds is 6. The normalized spacial score (nSPS) is 17.2. The minimum atomic E-state index is -0.357. The summed E-state index contributed by atoms with van der Waals surface area (Å²) in [6.07, 6.45) is 1.72. The Morgan fingerprint density at radius 3 is 2.16 bits per heavy atom. The van der Waals surface area contributed by atoms with Crippen LogP contribution in [0.4, 0.5) is 0 Å². The van der Waals surface area contributed by atoms with E-state index in [9.17, 15) is 9.59 Å². The number of hydrogen-bond acceptors (Lipinski definition) is 3. The molecule has 25 heavy (non-hydrogen) atoms. The Bertz CT molecular complexity index is 654. The molecule has 5 heteroatoms. The fraction of sp³-hybridized carbons (Fsp3) is 0.300. The Labute approximate surface area is 147 Å². The van der Waals surface area contributed by atoms with Gasteiger partial charge < -0.3 is 5.32 Å². The molecule has 130 valence electrons. The second-order valence-electron chi connectivity index (χ2n) is 6.24. The second kappa shape index (κ2) is 8.44. The molecule has 2 aromatic rings. The van der Waals surface area contributed by atoms with Crippen LogP contribution in [0.15, 0.2) is 60.7 Å². The maximum absolute atomic E-state index is 12.2. The fourth-order valence-electron chi connectivity index (χ4n) is 3.13. The summed E-state index contributed by atoms with van der Waals surface area (Å²) in [4.78, 5) is 23.4. The average Bonchev–Trinajstić information content (AvgIpc) is 2.67. The van der Waals surface area contributed by atoms with Gasteiger partial charge in [0, 0.05) is 18.9 Å². The van der Waals surface area contributed by atoms with E-state index >= 15 is 0 Å². The Morgan fingerprint density at radius 1 is 1.04 bits per heavy atom. The van der Waals surface area contributed by atoms with Crippen molar-refractivity contribution in [3.8, 4) is 0 Å². The summed E-state index contributed by atoms with van der Waals surface area (Å²) >= 11 is 0. The van der Waals surface area contributed by atoms with Gasteiger partial charge in [0.1, 0.15) is 6.04 Å². The molecule has 2 amide bonds. The lowest BCUT2D eigenvalue weighted by Gasteiger charge is -2.24. The van der Waals surface area contributed by atoms with Crippen LogP contribution in [0.1, 0.15) is 36.3 Å². The molecule has 0 radical (unpaired) electrons. The molecule has 3 N–H and O–H groups in total. The molecule has 1 aliphatic rings. The van der Waals surface area contributed by atoms with Gasteiger partial charge in [0.2, 0.25) is 11.8 Å². The SMILES string of the molecule is O=C1CCC(C(=O)NCCC(c2ccccc2)c2ccccc2)NN1. The van der Waals surface area contributed by atoms with Crippen molar-refractivity contribution < 1.29 is 9.59 Å². The first-order valence-electron chi connectivity index (χ1n) is 8.66. The highest BCUT2D eigenvalue weighted by molar-refractivity contribution is 5.85. The van der Waals surface area contributed by atoms with Crippen LogP contribution in [0, 0.1) is 0 Å². The molecular formula is C20H23N3O2. The summed E-state index contributed by atoms with van der Waals surface area (Å²) < 4.78 is 0. The molecule has 5 nitrogen and oxygen atoms in total. The smallest absolute Gasteiger partial charge is 0.238 e. The van der Waals surface area contributed by atoms with Crippen molar-refractivity contribution in [1.82, 2.24) is 16.2 Å². The molecule has 0 saturated carbocycles. The van der Waals surface area contributed by atoms with Gasteiger partial charge in [0.05, 0.1) is 0 Å². The van der Waals surface area contributed by atoms with Gasteiger partial charge in [-0.05, 0) is 24.0 Å². The van der Waals surface area contributed by atoms with Crippen LogP contribution in [-0.4, -0.2) is 24.4 Å². The van der Waals surface area contributed by atoms with Crippen LogP contribution in [-0.2, 0) is 9.59 Å². The Kier molecular flexibility index (Phi) is 5.80. The van der Waals surface area contributed by atoms with Crippen LogP contribution in [0.3, 0.4) is 0 Å². The van der Waals surface area contributed by atoms with Gasteiger partial charge in [-0.1, -0.05) is 60.7 Å². The first-order chi connectivity index (χ1) is 12.2. The molecule has 0 bridgehead atoms. The van der Waals surface area contributed by atoms with E-state index in [4.69, 9.17) is 0 Å². The summed E-state index contributed by atoms with van der Waals surface area (Å²) in [7, 11) is 0. The number of amides is 2. The van der Waals surface area contributed by atoms with Crippen molar-refractivity contribution in [2.45, 2.75) is 31.2 Å². The maximum atomic E-state index is 12.2. The zero-order valence-corrected chi connectivity index (χ0v) is 14.1. The number of carbonyl (C=O) groups excluding carboxylic acids is 2. The van der Waals surface area contributed by atoms with E-state index in [0.29, 0.717) is 19.4 Å². The van der Waals surface area contributed by atoms with Crippen LogP contribution in [0.25, 0.3) is 0 Å².